The molecule has 0 aliphatic carbocycles. The SMILES string of the molecule is CCCCCCOc1cccc(N2C(=O)C(=O)C(=C(O)c3ccccc3)C2c2ccc(C(C)C)cc2)c1. The van der Waals surface area contributed by atoms with Crippen LogP contribution in [-0.4, -0.2) is 23.4 Å². The van der Waals surface area contributed by atoms with Gasteiger partial charge in [-0.1, -0.05) is 101 Å². The number of aliphatic hydroxyl groups excluding tert-OH is 1. The molecule has 5 nitrogen and oxygen atoms in total. The zero-order chi connectivity index (χ0) is 26.4. The Balaban J connectivity index is 1.76. The molecule has 1 fully saturated rings. The molecule has 192 valence electrons. The summed E-state index contributed by atoms with van der Waals surface area (Å²) in [5.74, 6) is -0.563. The van der Waals surface area contributed by atoms with Gasteiger partial charge >= 0.3 is 0 Å². The monoisotopic (exact) mass is 497 g/mol. The van der Waals surface area contributed by atoms with Gasteiger partial charge in [-0.25, -0.2) is 0 Å². The van der Waals surface area contributed by atoms with Crippen molar-refractivity contribution in [3.05, 3.63) is 101 Å². The number of carbonyl (C=O) groups excluding carboxylic acids is 2. The van der Waals surface area contributed by atoms with E-state index in [0.717, 1.165) is 30.4 Å². The largest absolute Gasteiger partial charge is 0.507 e. The molecule has 0 spiro atoms. The van der Waals surface area contributed by atoms with Crippen LogP contribution in [0.5, 0.6) is 5.75 Å². The third-order valence-electron chi connectivity index (χ3n) is 6.77. The first kappa shape index (κ1) is 26.2. The van der Waals surface area contributed by atoms with Crippen LogP contribution in [0.2, 0.25) is 0 Å². The van der Waals surface area contributed by atoms with E-state index in [2.05, 4.69) is 20.8 Å². The lowest BCUT2D eigenvalue weighted by Gasteiger charge is -2.26. The Bertz CT molecular complexity index is 1260. The standard InChI is InChI=1S/C32H35NO4/c1-4-5-6-10-20-37-27-15-11-14-26(21-27)33-29(24-18-16-23(17-19-24)22(2)3)28(31(35)32(33)36)30(34)25-12-8-7-9-13-25/h7-9,11-19,21-22,29,34H,4-6,10,20H2,1-3H3. The van der Waals surface area contributed by atoms with Crippen LogP contribution in [-0.2, 0) is 9.59 Å². The van der Waals surface area contributed by atoms with Crippen molar-refractivity contribution in [2.24, 2.45) is 0 Å². The number of unbranched alkanes of at least 4 members (excludes halogenated alkanes) is 3. The Morgan fingerprint density at radius 1 is 0.919 bits per heavy atom. The van der Waals surface area contributed by atoms with Crippen molar-refractivity contribution in [1.82, 2.24) is 0 Å². The molecule has 0 radical (unpaired) electrons. The smallest absolute Gasteiger partial charge is 0.300 e. The Morgan fingerprint density at radius 2 is 1.65 bits per heavy atom. The second-order valence-electron chi connectivity index (χ2n) is 9.76. The van der Waals surface area contributed by atoms with Gasteiger partial charge < -0.3 is 9.84 Å². The van der Waals surface area contributed by atoms with Crippen LogP contribution in [0.4, 0.5) is 5.69 Å². The lowest BCUT2D eigenvalue weighted by atomic mass is 9.93. The first-order valence-electron chi connectivity index (χ1n) is 13.1. The van der Waals surface area contributed by atoms with Crippen molar-refractivity contribution in [1.29, 1.82) is 0 Å². The number of carbonyl (C=O) groups is 2. The summed E-state index contributed by atoms with van der Waals surface area (Å²) >= 11 is 0. The van der Waals surface area contributed by atoms with Crippen LogP contribution in [0.3, 0.4) is 0 Å². The van der Waals surface area contributed by atoms with Gasteiger partial charge in [0.25, 0.3) is 11.7 Å². The lowest BCUT2D eigenvalue weighted by Crippen LogP contribution is -2.29. The molecule has 1 aliphatic rings. The lowest BCUT2D eigenvalue weighted by molar-refractivity contribution is -0.132. The molecule has 1 heterocycles. The Kier molecular flexibility index (Phi) is 8.44. The van der Waals surface area contributed by atoms with Crippen molar-refractivity contribution in [3.8, 4) is 5.75 Å². The van der Waals surface area contributed by atoms with E-state index in [9.17, 15) is 14.7 Å². The number of rotatable bonds is 10. The molecule has 4 rings (SSSR count). The number of benzene rings is 3. The maximum Gasteiger partial charge on any atom is 0.300 e. The van der Waals surface area contributed by atoms with Gasteiger partial charge in [0.1, 0.15) is 11.5 Å². The van der Waals surface area contributed by atoms with E-state index in [1.807, 2.05) is 42.5 Å². The van der Waals surface area contributed by atoms with Gasteiger partial charge in [-0.05, 0) is 35.6 Å². The number of hydrogen-bond acceptors (Lipinski definition) is 4. The van der Waals surface area contributed by atoms with Gasteiger partial charge in [0.2, 0.25) is 0 Å². The minimum Gasteiger partial charge on any atom is -0.507 e. The van der Waals surface area contributed by atoms with Gasteiger partial charge in [0, 0.05) is 17.3 Å². The van der Waals surface area contributed by atoms with E-state index in [-0.39, 0.29) is 11.3 Å². The minimum atomic E-state index is -0.763. The molecule has 37 heavy (non-hydrogen) atoms. The van der Waals surface area contributed by atoms with E-state index >= 15 is 0 Å². The highest BCUT2D eigenvalue weighted by Gasteiger charge is 2.47. The van der Waals surface area contributed by atoms with Crippen molar-refractivity contribution >= 4 is 23.1 Å². The minimum absolute atomic E-state index is 0.0828. The summed E-state index contributed by atoms with van der Waals surface area (Å²) < 4.78 is 5.96. The average molecular weight is 498 g/mol. The predicted molar refractivity (Wildman–Crippen MR) is 148 cm³/mol. The van der Waals surface area contributed by atoms with E-state index in [0.29, 0.717) is 29.5 Å². The van der Waals surface area contributed by atoms with Crippen LogP contribution in [0.15, 0.2) is 84.4 Å². The number of ether oxygens (including phenoxy) is 1. The fraction of sp³-hybridized carbons (Fsp3) is 0.312. The highest BCUT2D eigenvalue weighted by Crippen LogP contribution is 2.43. The summed E-state index contributed by atoms with van der Waals surface area (Å²) in [6.07, 6.45) is 4.40. The number of anilines is 1. The molecule has 3 aromatic rings. The summed E-state index contributed by atoms with van der Waals surface area (Å²) in [6.45, 7) is 6.99. The third-order valence-corrected chi connectivity index (χ3v) is 6.77. The molecular formula is C32H35NO4. The second kappa shape index (κ2) is 11.9. The molecule has 1 unspecified atom stereocenters. The van der Waals surface area contributed by atoms with Crippen LogP contribution >= 0.6 is 0 Å². The molecular weight excluding hydrogens is 462 g/mol. The topological polar surface area (TPSA) is 66.8 Å². The molecule has 0 aromatic heterocycles. The maximum atomic E-state index is 13.4. The average Bonchev–Trinajstić information content (AvgIpc) is 3.19. The molecule has 1 saturated heterocycles. The van der Waals surface area contributed by atoms with E-state index in [4.69, 9.17) is 4.74 Å². The quantitative estimate of drug-likeness (QED) is 0.137. The maximum absolute atomic E-state index is 13.4. The molecule has 1 aliphatic heterocycles. The number of ketones is 1. The van der Waals surface area contributed by atoms with Crippen LogP contribution < -0.4 is 9.64 Å². The van der Waals surface area contributed by atoms with Crippen molar-refractivity contribution in [3.63, 3.8) is 0 Å². The Hall–Kier alpha value is -3.86. The summed E-state index contributed by atoms with van der Waals surface area (Å²) in [5.41, 5.74) is 3.04. The Labute approximate surface area is 219 Å². The van der Waals surface area contributed by atoms with Gasteiger partial charge in [0.05, 0.1) is 18.2 Å². The van der Waals surface area contributed by atoms with Crippen LogP contribution in [0, 0.1) is 0 Å². The van der Waals surface area contributed by atoms with Crippen LogP contribution in [0.1, 0.15) is 75.1 Å². The molecule has 1 N–H and O–H groups in total. The summed E-state index contributed by atoms with van der Waals surface area (Å²) in [7, 11) is 0. The highest BCUT2D eigenvalue weighted by molar-refractivity contribution is 6.51. The summed E-state index contributed by atoms with van der Waals surface area (Å²) in [5, 5.41) is 11.2. The molecule has 0 bridgehead atoms. The summed E-state index contributed by atoms with van der Waals surface area (Å²) in [6, 6.07) is 23.3. The number of nitrogens with zero attached hydrogens (tertiary/aromatic N) is 1. The van der Waals surface area contributed by atoms with Gasteiger partial charge in [0.15, 0.2) is 0 Å². The highest BCUT2D eigenvalue weighted by atomic mass is 16.5. The number of amides is 1. The zero-order valence-corrected chi connectivity index (χ0v) is 21.8. The van der Waals surface area contributed by atoms with Gasteiger partial charge in [-0.15, -0.1) is 0 Å². The summed E-state index contributed by atoms with van der Waals surface area (Å²) in [4.78, 5) is 28.3. The number of hydrogen-bond donors (Lipinski definition) is 1. The van der Waals surface area contributed by atoms with Gasteiger partial charge in [-0.3, -0.25) is 14.5 Å². The van der Waals surface area contributed by atoms with E-state index < -0.39 is 17.7 Å². The molecule has 5 heteroatoms. The third kappa shape index (κ3) is 5.77. The fourth-order valence-electron chi connectivity index (χ4n) is 4.67. The van der Waals surface area contributed by atoms with E-state index in [1.54, 1.807) is 36.4 Å². The van der Waals surface area contributed by atoms with Crippen molar-refractivity contribution in [2.75, 3.05) is 11.5 Å². The second-order valence-corrected chi connectivity index (χ2v) is 9.76. The molecule has 0 saturated carbocycles. The van der Waals surface area contributed by atoms with Crippen LogP contribution in [0.25, 0.3) is 5.76 Å². The molecule has 1 atom stereocenters. The van der Waals surface area contributed by atoms with E-state index in [1.165, 1.54) is 11.3 Å². The first-order chi connectivity index (χ1) is 17.9. The normalized spacial score (nSPS) is 17.0. The zero-order valence-electron chi connectivity index (χ0n) is 21.8. The Morgan fingerprint density at radius 3 is 2.32 bits per heavy atom. The number of Topliss-reactive ketones (excluding diaryl/α,β-unsaturated/α-hetero) is 1. The first-order valence-corrected chi connectivity index (χ1v) is 13.1. The predicted octanol–water partition coefficient (Wildman–Crippen LogP) is 7.40. The van der Waals surface area contributed by atoms with Crippen molar-refractivity contribution < 1.29 is 19.4 Å². The molecule has 3 aromatic carbocycles. The fourth-order valence-corrected chi connectivity index (χ4v) is 4.67. The number of aliphatic hydroxyl groups is 1. The van der Waals surface area contributed by atoms with Crippen molar-refractivity contribution in [2.45, 2.75) is 58.4 Å². The van der Waals surface area contributed by atoms with Gasteiger partial charge in [-0.2, -0.15) is 0 Å². The molecule has 1 amide bonds.